The van der Waals surface area contributed by atoms with Gasteiger partial charge in [0.25, 0.3) is 0 Å². The van der Waals surface area contributed by atoms with E-state index in [1.165, 1.54) is 24.3 Å². The van der Waals surface area contributed by atoms with Gasteiger partial charge in [-0.25, -0.2) is 4.39 Å². The van der Waals surface area contributed by atoms with E-state index >= 15 is 0 Å². The third-order valence-corrected chi connectivity index (χ3v) is 3.00. The van der Waals surface area contributed by atoms with Gasteiger partial charge in [0.1, 0.15) is 5.82 Å². The van der Waals surface area contributed by atoms with Crippen LogP contribution in [-0.2, 0) is 9.59 Å². The summed E-state index contributed by atoms with van der Waals surface area (Å²) in [5.41, 5.74) is 1.36. The molecular formula is C15H19FN2O2. The van der Waals surface area contributed by atoms with Crippen molar-refractivity contribution in [1.82, 2.24) is 4.90 Å². The highest BCUT2D eigenvalue weighted by Crippen LogP contribution is 2.14. The first-order chi connectivity index (χ1) is 9.58. The lowest BCUT2D eigenvalue weighted by Gasteiger charge is -2.10. The van der Waals surface area contributed by atoms with Gasteiger partial charge in [0.2, 0.25) is 12.3 Å². The van der Waals surface area contributed by atoms with E-state index in [1.807, 2.05) is 4.90 Å². The summed E-state index contributed by atoms with van der Waals surface area (Å²) in [7, 11) is 0. The number of rotatable bonds is 3. The van der Waals surface area contributed by atoms with Crippen molar-refractivity contribution >= 4 is 18.0 Å². The molecule has 1 heterocycles. The van der Waals surface area contributed by atoms with Gasteiger partial charge in [0, 0.05) is 18.8 Å². The second-order valence-electron chi connectivity index (χ2n) is 4.46. The van der Waals surface area contributed by atoms with Gasteiger partial charge in [-0.05, 0) is 49.6 Å². The molecule has 0 aliphatic carbocycles. The number of aryl methyl sites for hydroxylation is 1. The summed E-state index contributed by atoms with van der Waals surface area (Å²) < 4.78 is 12.5. The molecule has 2 amide bonds. The minimum Gasteiger partial charge on any atom is -0.339 e. The molecule has 0 spiro atoms. The Labute approximate surface area is 118 Å². The SMILES string of the molecule is C=CC(=O)N1CCCC1.Cc1cc(F)ccc1NC=O. The molecule has 0 unspecified atom stereocenters. The van der Waals surface area contributed by atoms with Crippen LogP contribution in [0.2, 0.25) is 0 Å². The molecule has 108 valence electrons. The van der Waals surface area contributed by atoms with Crippen molar-refractivity contribution in [2.75, 3.05) is 18.4 Å². The van der Waals surface area contributed by atoms with Crippen LogP contribution in [0.15, 0.2) is 30.9 Å². The van der Waals surface area contributed by atoms with Crippen LogP contribution < -0.4 is 5.32 Å². The molecule has 0 radical (unpaired) electrons. The summed E-state index contributed by atoms with van der Waals surface area (Å²) >= 11 is 0. The normalized spacial score (nSPS) is 13.2. The van der Waals surface area contributed by atoms with E-state index in [0.29, 0.717) is 12.1 Å². The number of amides is 2. The predicted molar refractivity (Wildman–Crippen MR) is 76.8 cm³/mol. The Hall–Kier alpha value is -2.17. The van der Waals surface area contributed by atoms with Gasteiger partial charge in [0.05, 0.1) is 0 Å². The lowest BCUT2D eigenvalue weighted by Crippen LogP contribution is -2.25. The van der Waals surface area contributed by atoms with Crippen LogP contribution in [0.5, 0.6) is 0 Å². The van der Waals surface area contributed by atoms with E-state index in [4.69, 9.17) is 0 Å². The lowest BCUT2D eigenvalue weighted by atomic mass is 10.2. The molecule has 0 aromatic heterocycles. The molecular weight excluding hydrogens is 259 g/mol. The van der Waals surface area contributed by atoms with Crippen molar-refractivity contribution in [3.05, 3.63) is 42.2 Å². The van der Waals surface area contributed by atoms with Crippen LogP contribution in [0.3, 0.4) is 0 Å². The Morgan fingerprint density at radius 2 is 2.05 bits per heavy atom. The molecule has 1 N–H and O–H groups in total. The standard InChI is InChI=1S/C8H8FNO.C7H11NO/c1-6-4-7(9)2-3-8(6)10-5-11;1-2-7(9)8-5-3-4-6-8/h2-5H,1H3,(H,10,11);2H,1,3-6H2. The topological polar surface area (TPSA) is 49.4 Å². The molecule has 1 aromatic rings. The van der Waals surface area contributed by atoms with Crippen LogP contribution in [0.25, 0.3) is 0 Å². The van der Waals surface area contributed by atoms with Crippen molar-refractivity contribution in [1.29, 1.82) is 0 Å². The number of nitrogens with one attached hydrogen (secondary N) is 1. The van der Waals surface area contributed by atoms with Crippen molar-refractivity contribution in [3.63, 3.8) is 0 Å². The summed E-state index contributed by atoms with van der Waals surface area (Å²) in [5.74, 6) is -0.216. The van der Waals surface area contributed by atoms with E-state index in [-0.39, 0.29) is 11.7 Å². The van der Waals surface area contributed by atoms with Crippen LogP contribution in [-0.4, -0.2) is 30.3 Å². The van der Waals surface area contributed by atoms with Crippen LogP contribution in [0.4, 0.5) is 10.1 Å². The number of hydrogen-bond acceptors (Lipinski definition) is 2. The van der Waals surface area contributed by atoms with Gasteiger partial charge in [0.15, 0.2) is 0 Å². The predicted octanol–water partition coefficient (Wildman–Crippen LogP) is 2.50. The maximum atomic E-state index is 12.5. The van der Waals surface area contributed by atoms with Crippen molar-refractivity contribution in [2.45, 2.75) is 19.8 Å². The van der Waals surface area contributed by atoms with Gasteiger partial charge in [-0.3, -0.25) is 9.59 Å². The first-order valence-electron chi connectivity index (χ1n) is 6.46. The maximum Gasteiger partial charge on any atom is 0.245 e. The molecule has 2 rings (SSSR count). The van der Waals surface area contributed by atoms with Gasteiger partial charge in [-0.1, -0.05) is 6.58 Å². The van der Waals surface area contributed by atoms with Gasteiger partial charge in [-0.15, -0.1) is 0 Å². The number of nitrogens with zero attached hydrogens (tertiary/aromatic N) is 1. The second-order valence-corrected chi connectivity index (χ2v) is 4.46. The Kier molecular flexibility index (Phi) is 6.43. The average Bonchev–Trinajstić information content (AvgIpc) is 2.96. The molecule has 0 atom stereocenters. The smallest absolute Gasteiger partial charge is 0.245 e. The third kappa shape index (κ3) is 4.84. The Morgan fingerprint density at radius 1 is 1.40 bits per heavy atom. The van der Waals surface area contributed by atoms with E-state index in [0.717, 1.165) is 31.5 Å². The van der Waals surface area contributed by atoms with E-state index < -0.39 is 0 Å². The summed E-state index contributed by atoms with van der Waals surface area (Å²) in [5, 5.41) is 2.46. The summed E-state index contributed by atoms with van der Waals surface area (Å²) in [6.07, 6.45) is 4.25. The highest BCUT2D eigenvalue weighted by Gasteiger charge is 2.13. The number of carbonyl (C=O) groups is 2. The second kappa shape index (κ2) is 8.09. The number of hydrogen-bond donors (Lipinski definition) is 1. The van der Waals surface area contributed by atoms with Gasteiger partial charge < -0.3 is 10.2 Å². The monoisotopic (exact) mass is 278 g/mol. The largest absolute Gasteiger partial charge is 0.339 e. The Bertz CT molecular complexity index is 483. The van der Waals surface area contributed by atoms with Gasteiger partial charge >= 0.3 is 0 Å². The summed E-state index contributed by atoms with van der Waals surface area (Å²) in [6, 6.07) is 4.20. The number of likely N-dealkylation sites (tertiary alicyclic amines) is 1. The van der Waals surface area contributed by atoms with Crippen molar-refractivity contribution < 1.29 is 14.0 Å². The highest BCUT2D eigenvalue weighted by atomic mass is 19.1. The first kappa shape index (κ1) is 15.9. The quantitative estimate of drug-likeness (QED) is 0.682. The van der Waals surface area contributed by atoms with Crippen LogP contribution >= 0.6 is 0 Å². The van der Waals surface area contributed by atoms with E-state index in [2.05, 4.69) is 11.9 Å². The Balaban J connectivity index is 0.000000204. The summed E-state index contributed by atoms with van der Waals surface area (Å²) in [4.78, 5) is 22.7. The van der Waals surface area contributed by atoms with Gasteiger partial charge in [-0.2, -0.15) is 0 Å². The number of benzene rings is 1. The number of anilines is 1. The van der Waals surface area contributed by atoms with E-state index in [9.17, 15) is 14.0 Å². The molecule has 4 nitrogen and oxygen atoms in total. The molecule has 5 heteroatoms. The highest BCUT2D eigenvalue weighted by molar-refractivity contribution is 5.87. The average molecular weight is 278 g/mol. The number of carbonyl (C=O) groups excluding carboxylic acids is 2. The maximum absolute atomic E-state index is 12.5. The minimum atomic E-state index is -0.293. The zero-order valence-corrected chi connectivity index (χ0v) is 11.6. The Morgan fingerprint density at radius 3 is 2.55 bits per heavy atom. The molecule has 1 aliphatic rings. The molecule has 0 saturated carbocycles. The van der Waals surface area contributed by atoms with Crippen molar-refractivity contribution in [3.8, 4) is 0 Å². The molecule has 1 fully saturated rings. The number of halogens is 1. The van der Waals surface area contributed by atoms with Crippen LogP contribution in [0.1, 0.15) is 18.4 Å². The fourth-order valence-electron chi connectivity index (χ4n) is 1.92. The van der Waals surface area contributed by atoms with Crippen LogP contribution in [0, 0.1) is 12.7 Å². The molecule has 1 aromatic carbocycles. The minimum absolute atomic E-state index is 0.0764. The summed E-state index contributed by atoms with van der Waals surface area (Å²) in [6.45, 7) is 6.99. The zero-order valence-electron chi connectivity index (χ0n) is 11.6. The molecule has 0 bridgehead atoms. The molecule has 1 aliphatic heterocycles. The molecule has 20 heavy (non-hydrogen) atoms. The lowest BCUT2D eigenvalue weighted by molar-refractivity contribution is -0.125. The zero-order chi connectivity index (χ0) is 15.0. The fraction of sp³-hybridized carbons (Fsp3) is 0.333. The fourth-order valence-corrected chi connectivity index (χ4v) is 1.92. The van der Waals surface area contributed by atoms with E-state index in [1.54, 1.807) is 6.92 Å². The first-order valence-corrected chi connectivity index (χ1v) is 6.46. The third-order valence-electron chi connectivity index (χ3n) is 3.00. The molecule has 1 saturated heterocycles. The van der Waals surface area contributed by atoms with Crippen molar-refractivity contribution in [2.24, 2.45) is 0 Å².